The Morgan fingerprint density at radius 1 is 1.48 bits per heavy atom. The maximum absolute atomic E-state index is 12.3. The van der Waals surface area contributed by atoms with E-state index >= 15 is 0 Å². The van der Waals surface area contributed by atoms with Gasteiger partial charge in [-0.15, -0.1) is 0 Å². The quantitative estimate of drug-likeness (QED) is 0.869. The molecular weight excluding hydrogens is 316 g/mol. The van der Waals surface area contributed by atoms with Crippen LogP contribution in [-0.4, -0.2) is 33.6 Å². The molecule has 0 aromatic heterocycles. The molecule has 116 valence electrons. The minimum absolute atomic E-state index is 0.0810. The summed E-state index contributed by atoms with van der Waals surface area (Å²) in [7, 11) is -3.93. The number of hydrogen-bond donors (Lipinski definition) is 2. The second kappa shape index (κ2) is 6.31. The second-order valence-electron chi connectivity index (χ2n) is 5.01. The van der Waals surface area contributed by atoms with Gasteiger partial charge < -0.3 is 10.1 Å². The molecule has 0 radical (unpaired) electrons. The van der Waals surface area contributed by atoms with E-state index in [2.05, 4.69) is 5.32 Å². The van der Waals surface area contributed by atoms with E-state index in [0.29, 0.717) is 13.2 Å². The van der Waals surface area contributed by atoms with Crippen LogP contribution in [0.3, 0.4) is 0 Å². The van der Waals surface area contributed by atoms with Crippen LogP contribution < -0.4 is 10.5 Å². The van der Waals surface area contributed by atoms with Gasteiger partial charge in [-0.3, -0.25) is 4.79 Å². The SMILES string of the molecule is Cc1c(C(=O)NC2CCCOC2)cc(Cl)cc1S(N)(=O)=O. The molecule has 0 aliphatic carbocycles. The third-order valence-corrected chi connectivity index (χ3v) is 4.63. The molecule has 1 amide bonds. The lowest BCUT2D eigenvalue weighted by Gasteiger charge is -2.23. The van der Waals surface area contributed by atoms with Gasteiger partial charge in [0.05, 0.1) is 17.5 Å². The Labute approximate surface area is 128 Å². The fourth-order valence-electron chi connectivity index (χ4n) is 2.30. The summed E-state index contributed by atoms with van der Waals surface area (Å²) in [5, 5.41) is 8.11. The number of halogens is 1. The first-order chi connectivity index (χ1) is 9.79. The van der Waals surface area contributed by atoms with Crippen molar-refractivity contribution in [2.75, 3.05) is 13.2 Å². The van der Waals surface area contributed by atoms with E-state index in [-0.39, 0.29) is 33.0 Å². The number of sulfonamides is 1. The third kappa shape index (κ3) is 3.94. The zero-order valence-electron chi connectivity index (χ0n) is 11.6. The Kier molecular flexibility index (Phi) is 4.88. The fraction of sp³-hybridized carbons (Fsp3) is 0.462. The Hall–Kier alpha value is -1.15. The number of nitrogens with one attached hydrogen (secondary N) is 1. The molecular formula is C13H17ClN2O4S. The molecule has 1 aliphatic heterocycles. The molecule has 1 aliphatic rings. The van der Waals surface area contributed by atoms with E-state index < -0.39 is 10.0 Å². The van der Waals surface area contributed by atoms with Crippen LogP contribution in [0.1, 0.15) is 28.8 Å². The number of rotatable bonds is 3. The van der Waals surface area contributed by atoms with E-state index in [1.807, 2.05) is 0 Å². The van der Waals surface area contributed by atoms with Crippen LogP contribution in [0, 0.1) is 6.92 Å². The number of carbonyl (C=O) groups is 1. The summed E-state index contributed by atoms with van der Waals surface area (Å²) in [6.07, 6.45) is 1.70. The van der Waals surface area contributed by atoms with E-state index in [1.54, 1.807) is 0 Å². The number of primary sulfonamides is 1. The maximum Gasteiger partial charge on any atom is 0.251 e. The summed E-state index contributed by atoms with van der Waals surface area (Å²) in [4.78, 5) is 12.2. The molecule has 1 saturated heterocycles. The highest BCUT2D eigenvalue weighted by Crippen LogP contribution is 2.24. The van der Waals surface area contributed by atoms with Gasteiger partial charge in [0.25, 0.3) is 5.91 Å². The summed E-state index contributed by atoms with van der Waals surface area (Å²) in [6.45, 7) is 2.67. The summed E-state index contributed by atoms with van der Waals surface area (Å²) in [5.74, 6) is -0.379. The molecule has 21 heavy (non-hydrogen) atoms. The summed E-state index contributed by atoms with van der Waals surface area (Å²) in [6, 6.07) is 2.60. The van der Waals surface area contributed by atoms with Crippen molar-refractivity contribution in [2.24, 2.45) is 5.14 Å². The summed E-state index contributed by atoms with van der Waals surface area (Å²) in [5.41, 5.74) is 0.494. The lowest BCUT2D eigenvalue weighted by Crippen LogP contribution is -2.41. The van der Waals surface area contributed by atoms with Crippen LogP contribution in [0.5, 0.6) is 0 Å². The highest BCUT2D eigenvalue weighted by molar-refractivity contribution is 7.89. The third-order valence-electron chi connectivity index (χ3n) is 3.37. The first kappa shape index (κ1) is 16.2. The number of amides is 1. The smallest absolute Gasteiger partial charge is 0.251 e. The molecule has 0 saturated carbocycles. The zero-order valence-corrected chi connectivity index (χ0v) is 13.1. The van der Waals surface area contributed by atoms with Gasteiger partial charge in [0, 0.05) is 17.2 Å². The lowest BCUT2D eigenvalue weighted by molar-refractivity contribution is 0.0623. The zero-order chi connectivity index (χ0) is 15.6. The van der Waals surface area contributed by atoms with E-state index in [9.17, 15) is 13.2 Å². The highest BCUT2D eigenvalue weighted by atomic mass is 35.5. The summed E-state index contributed by atoms with van der Waals surface area (Å²) >= 11 is 5.89. The van der Waals surface area contributed by atoms with Crippen molar-refractivity contribution in [3.05, 3.63) is 28.3 Å². The molecule has 1 atom stereocenters. The van der Waals surface area contributed by atoms with Gasteiger partial charge in [-0.25, -0.2) is 13.6 Å². The van der Waals surface area contributed by atoms with Gasteiger partial charge in [0.2, 0.25) is 10.0 Å². The number of ether oxygens (including phenoxy) is 1. The first-order valence-corrected chi connectivity index (χ1v) is 8.43. The van der Waals surface area contributed by atoms with Crippen molar-refractivity contribution in [3.63, 3.8) is 0 Å². The van der Waals surface area contributed by atoms with Crippen molar-refractivity contribution in [3.8, 4) is 0 Å². The molecule has 1 aromatic rings. The van der Waals surface area contributed by atoms with Gasteiger partial charge in [-0.05, 0) is 37.5 Å². The second-order valence-corrected chi connectivity index (χ2v) is 6.98. The van der Waals surface area contributed by atoms with Crippen LogP contribution in [0.25, 0.3) is 0 Å². The molecule has 1 unspecified atom stereocenters. The van der Waals surface area contributed by atoms with Crippen molar-refractivity contribution in [1.29, 1.82) is 0 Å². The van der Waals surface area contributed by atoms with Crippen molar-refractivity contribution in [2.45, 2.75) is 30.7 Å². The van der Waals surface area contributed by atoms with Crippen molar-refractivity contribution in [1.82, 2.24) is 5.32 Å². The molecule has 1 fully saturated rings. The molecule has 0 spiro atoms. The van der Waals surface area contributed by atoms with E-state index in [4.69, 9.17) is 21.5 Å². The number of carbonyl (C=O) groups excluding carboxylic acids is 1. The minimum Gasteiger partial charge on any atom is -0.379 e. The fourth-order valence-corrected chi connectivity index (χ4v) is 3.41. The van der Waals surface area contributed by atoms with Crippen molar-refractivity contribution < 1.29 is 17.9 Å². The van der Waals surface area contributed by atoms with Crippen LogP contribution in [0.15, 0.2) is 17.0 Å². The highest BCUT2D eigenvalue weighted by Gasteiger charge is 2.22. The van der Waals surface area contributed by atoms with Gasteiger partial charge in [-0.1, -0.05) is 11.6 Å². The van der Waals surface area contributed by atoms with Crippen LogP contribution in [-0.2, 0) is 14.8 Å². The van der Waals surface area contributed by atoms with Crippen LogP contribution in [0.4, 0.5) is 0 Å². The predicted molar refractivity (Wildman–Crippen MR) is 78.9 cm³/mol. The largest absolute Gasteiger partial charge is 0.379 e. The predicted octanol–water partition coefficient (Wildman–Crippen LogP) is 1.20. The average Bonchev–Trinajstić information content (AvgIpc) is 2.40. The Morgan fingerprint density at radius 3 is 2.76 bits per heavy atom. The van der Waals surface area contributed by atoms with Gasteiger partial charge in [-0.2, -0.15) is 0 Å². The lowest BCUT2D eigenvalue weighted by atomic mass is 10.1. The molecule has 1 aromatic carbocycles. The van der Waals surface area contributed by atoms with Gasteiger partial charge >= 0.3 is 0 Å². The normalized spacial score (nSPS) is 19.3. The standard InChI is InChI=1S/C13H17ClN2O4S/c1-8-11(5-9(14)6-12(8)21(15,18)19)13(17)16-10-3-2-4-20-7-10/h5-6,10H,2-4,7H2,1H3,(H,16,17)(H2,15,18,19). The average molecular weight is 333 g/mol. The van der Waals surface area contributed by atoms with E-state index in [1.165, 1.54) is 19.1 Å². The molecule has 8 heteroatoms. The summed E-state index contributed by atoms with van der Waals surface area (Å²) < 4.78 is 28.4. The number of nitrogens with two attached hydrogens (primary N) is 1. The molecule has 0 bridgehead atoms. The number of benzene rings is 1. The Balaban J connectivity index is 2.30. The first-order valence-electron chi connectivity index (χ1n) is 6.50. The molecule has 1 heterocycles. The van der Waals surface area contributed by atoms with Gasteiger partial charge in [0.15, 0.2) is 0 Å². The Bertz CT molecular complexity index is 654. The molecule has 3 N–H and O–H groups in total. The maximum atomic E-state index is 12.3. The topological polar surface area (TPSA) is 98.5 Å². The van der Waals surface area contributed by atoms with E-state index in [0.717, 1.165) is 12.8 Å². The van der Waals surface area contributed by atoms with Gasteiger partial charge in [0.1, 0.15) is 0 Å². The minimum atomic E-state index is -3.93. The van der Waals surface area contributed by atoms with Crippen molar-refractivity contribution >= 4 is 27.5 Å². The van der Waals surface area contributed by atoms with Crippen LogP contribution in [0.2, 0.25) is 5.02 Å². The Morgan fingerprint density at radius 2 is 2.19 bits per heavy atom. The molecule has 2 rings (SSSR count). The van der Waals surface area contributed by atoms with Crippen LogP contribution >= 0.6 is 11.6 Å². The monoisotopic (exact) mass is 332 g/mol. The number of hydrogen-bond acceptors (Lipinski definition) is 4. The molecule has 6 nitrogen and oxygen atoms in total.